The van der Waals surface area contributed by atoms with Crippen molar-refractivity contribution >= 4 is 11.9 Å². The van der Waals surface area contributed by atoms with Crippen LogP contribution in [0.1, 0.15) is 51.4 Å². The van der Waals surface area contributed by atoms with Crippen molar-refractivity contribution in [2.75, 3.05) is 27.2 Å². The van der Waals surface area contributed by atoms with Crippen molar-refractivity contribution in [2.24, 2.45) is 0 Å². The minimum atomic E-state index is -0.175. The van der Waals surface area contributed by atoms with E-state index in [0.29, 0.717) is 19.0 Å². The molecule has 3 atom stereocenters. The molecule has 0 aromatic carbocycles. The number of likely N-dealkylation sites (N-methyl/N-ethyl adjacent to an activating group) is 1. The lowest BCUT2D eigenvalue weighted by atomic mass is 9.93. The van der Waals surface area contributed by atoms with Crippen molar-refractivity contribution in [1.29, 1.82) is 0 Å². The van der Waals surface area contributed by atoms with E-state index in [0.717, 1.165) is 19.4 Å². The zero-order chi connectivity index (χ0) is 17.1. The SMILES string of the molecule is COC(=O)CC[C@H]1CNC(=O)[C@@H]2[C@@H](CCN2C2CCCCC2)N1C. The third kappa shape index (κ3) is 3.59. The molecule has 1 N–H and O–H groups in total. The van der Waals surface area contributed by atoms with Gasteiger partial charge in [-0.05, 0) is 32.7 Å². The molecule has 0 bridgehead atoms. The van der Waals surface area contributed by atoms with E-state index in [1.807, 2.05) is 0 Å². The smallest absolute Gasteiger partial charge is 0.305 e. The number of methoxy groups -OCH3 is 1. The number of ether oxygens (including phenoxy) is 1. The monoisotopic (exact) mass is 337 g/mol. The number of carbonyl (C=O) groups is 2. The van der Waals surface area contributed by atoms with Crippen LogP contribution in [0, 0.1) is 0 Å². The van der Waals surface area contributed by atoms with Gasteiger partial charge in [-0.2, -0.15) is 0 Å². The van der Waals surface area contributed by atoms with Crippen LogP contribution < -0.4 is 5.32 Å². The maximum atomic E-state index is 12.8. The van der Waals surface area contributed by atoms with Crippen LogP contribution in [0.25, 0.3) is 0 Å². The average Bonchev–Trinajstić information content (AvgIpc) is 3.02. The first kappa shape index (κ1) is 17.7. The van der Waals surface area contributed by atoms with Crippen molar-refractivity contribution in [2.45, 2.75) is 75.5 Å². The molecule has 0 unspecified atom stereocenters. The summed E-state index contributed by atoms with van der Waals surface area (Å²) in [5.41, 5.74) is 0. The van der Waals surface area contributed by atoms with Gasteiger partial charge in [-0.3, -0.25) is 19.4 Å². The molecule has 0 aromatic rings. The van der Waals surface area contributed by atoms with Crippen LogP contribution >= 0.6 is 0 Å². The summed E-state index contributed by atoms with van der Waals surface area (Å²) in [6.07, 6.45) is 8.55. The van der Waals surface area contributed by atoms with E-state index in [4.69, 9.17) is 4.74 Å². The largest absolute Gasteiger partial charge is 0.469 e. The first-order valence-corrected chi connectivity index (χ1v) is 9.44. The van der Waals surface area contributed by atoms with Gasteiger partial charge in [0.05, 0.1) is 7.11 Å². The molecule has 1 aliphatic carbocycles. The number of esters is 1. The molecule has 2 heterocycles. The fourth-order valence-corrected chi connectivity index (χ4v) is 4.80. The highest BCUT2D eigenvalue weighted by molar-refractivity contribution is 5.83. The van der Waals surface area contributed by atoms with Crippen LogP contribution in [-0.4, -0.2) is 73.1 Å². The van der Waals surface area contributed by atoms with E-state index in [9.17, 15) is 9.59 Å². The minimum absolute atomic E-state index is 0.0266. The third-order valence-corrected chi connectivity index (χ3v) is 6.24. The molecule has 0 spiro atoms. The molecule has 6 nitrogen and oxygen atoms in total. The Morgan fingerprint density at radius 3 is 2.71 bits per heavy atom. The Morgan fingerprint density at radius 2 is 2.00 bits per heavy atom. The zero-order valence-corrected chi connectivity index (χ0v) is 15.0. The number of likely N-dealkylation sites (tertiary alicyclic amines) is 1. The van der Waals surface area contributed by atoms with Crippen LogP contribution in [0.3, 0.4) is 0 Å². The van der Waals surface area contributed by atoms with Crippen LogP contribution in [-0.2, 0) is 14.3 Å². The summed E-state index contributed by atoms with van der Waals surface area (Å²) >= 11 is 0. The molecule has 3 fully saturated rings. The number of carbonyl (C=O) groups excluding carboxylic acids is 2. The fraction of sp³-hybridized carbons (Fsp3) is 0.889. The highest BCUT2D eigenvalue weighted by atomic mass is 16.5. The average molecular weight is 337 g/mol. The van der Waals surface area contributed by atoms with Gasteiger partial charge in [-0.25, -0.2) is 0 Å². The topological polar surface area (TPSA) is 61.9 Å². The van der Waals surface area contributed by atoms with E-state index in [1.54, 1.807) is 0 Å². The van der Waals surface area contributed by atoms with Gasteiger partial charge in [0.25, 0.3) is 0 Å². The molecular formula is C18H31N3O3. The summed E-state index contributed by atoms with van der Waals surface area (Å²) in [6.45, 7) is 1.64. The number of nitrogens with zero attached hydrogens (tertiary/aromatic N) is 2. The van der Waals surface area contributed by atoms with E-state index in [1.165, 1.54) is 39.2 Å². The molecule has 0 radical (unpaired) electrons. The lowest BCUT2D eigenvalue weighted by molar-refractivity contribution is -0.141. The van der Waals surface area contributed by atoms with Crippen molar-refractivity contribution < 1.29 is 14.3 Å². The molecule has 136 valence electrons. The predicted octanol–water partition coefficient (Wildman–Crippen LogP) is 1.15. The highest BCUT2D eigenvalue weighted by Gasteiger charge is 2.47. The first-order chi connectivity index (χ1) is 11.6. The number of nitrogens with one attached hydrogen (secondary N) is 1. The third-order valence-electron chi connectivity index (χ3n) is 6.24. The van der Waals surface area contributed by atoms with Crippen molar-refractivity contribution in [3.05, 3.63) is 0 Å². The Balaban J connectivity index is 1.68. The van der Waals surface area contributed by atoms with Gasteiger partial charge in [0.15, 0.2) is 0 Å². The van der Waals surface area contributed by atoms with Crippen LogP contribution in [0.5, 0.6) is 0 Å². The molecular weight excluding hydrogens is 306 g/mol. The molecule has 3 aliphatic rings. The molecule has 3 rings (SSSR count). The van der Waals surface area contributed by atoms with Gasteiger partial charge in [-0.1, -0.05) is 19.3 Å². The standard InChI is InChI=1S/C18H31N3O3/c1-20-14(8-9-16(22)24-2)12-19-18(23)17-15(20)10-11-21(17)13-6-4-3-5-7-13/h13-15,17H,3-12H2,1-2H3,(H,19,23)/t14-,15+,17-/m0/s1. The highest BCUT2D eigenvalue weighted by Crippen LogP contribution is 2.33. The Labute approximate surface area is 144 Å². The van der Waals surface area contributed by atoms with Crippen molar-refractivity contribution in [3.63, 3.8) is 0 Å². The van der Waals surface area contributed by atoms with Crippen LogP contribution in [0.2, 0.25) is 0 Å². The molecule has 1 amide bonds. The van der Waals surface area contributed by atoms with Gasteiger partial charge in [0.1, 0.15) is 6.04 Å². The summed E-state index contributed by atoms with van der Waals surface area (Å²) in [7, 11) is 3.54. The van der Waals surface area contributed by atoms with Crippen LogP contribution in [0.15, 0.2) is 0 Å². The van der Waals surface area contributed by atoms with Crippen LogP contribution in [0.4, 0.5) is 0 Å². The second-order valence-electron chi connectivity index (χ2n) is 7.51. The van der Waals surface area contributed by atoms with E-state index in [-0.39, 0.29) is 30.0 Å². The lowest BCUT2D eigenvalue weighted by Gasteiger charge is -2.37. The number of hydrogen-bond donors (Lipinski definition) is 1. The van der Waals surface area contributed by atoms with E-state index in [2.05, 4.69) is 22.2 Å². The summed E-state index contributed by atoms with van der Waals surface area (Å²) < 4.78 is 4.76. The predicted molar refractivity (Wildman–Crippen MR) is 91.6 cm³/mol. The molecule has 24 heavy (non-hydrogen) atoms. The maximum absolute atomic E-state index is 12.8. The Kier molecular flexibility index (Phi) is 5.76. The molecule has 2 aliphatic heterocycles. The summed E-state index contributed by atoms with van der Waals surface area (Å²) in [5.74, 6) is 0.00118. The molecule has 6 heteroatoms. The van der Waals surface area contributed by atoms with E-state index >= 15 is 0 Å². The Hall–Kier alpha value is -1.14. The first-order valence-electron chi connectivity index (χ1n) is 9.44. The van der Waals surface area contributed by atoms with Gasteiger partial charge in [-0.15, -0.1) is 0 Å². The fourth-order valence-electron chi connectivity index (χ4n) is 4.80. The second-order valence-corrected chi connectivity index (χ2v) is 7.51. The Morgan fingerprint density at radius 1 is 1.25 bits per heavy atom. The van der Waals surface area contributed by atoms with Gasteiger partial charge in [0.2, 0.25) is 5.91 Å². The maximum Gasteiger partial charge on any atom is 0.305 e. The number of rotatable bonds is 4. The normalized spacial score (nSPS) is 32.9. The van der Waals surface area contributed by atoms with Crippen molar-refractivity contribution in [3.8, 4) is 0 Å². The minimum Gasteiger partial charge on any atom is -0.469 e. The molecule has 2 saturated heterocycles. The summed E-state index contributed by atoms with van der Waals surface area (Å²) in [6, 6.07) is 1.01. The van der Waals surface area contributed by atoms with E-state index < -0.39 is 0 Å². The second kappa shape index (κ2) is 7.83. The van der Waals surface area contributed by atoms with Gasteiger partial charge < -0.3 is 10.1 Å². The molecule has 1 saturated carbocycles. The molecule has 0 aromatic heterocycles. The zero-order valence-electron chi connectivity index (χ0n) is 15.0. The quantitative estimate of drug-likeness (QED) is 0.780. The summed E-state index contributed by atoms with van der Waals surface area (Å²) in [4.78, 5) is 29.0. The number of fused-ring (bicyclic) bond motifs is 1. The number of hydrogen-bond acceptors (Lipinski definition) is 5. The van der Waals surface area contributed by atoms with Gasteiger partial charge >= 0.3 is 5.97 Å². The number of amides is 1. The lowest BCUT2D eigenvalue weighted by Crippen LogP contribution is -2.53. The van der Waals surface area contributed by atoms with Crippen molar-refractivity contribution in [1.82, 2.24) is 15.1 Å². The summed E-state index contributed by atoms with van der Waals surface area (Å²) in [5, 5.41) is 3.13. The Bertz CT molecular complexity index is 464. The van der Waals surface area contributed by atoms with Gasteiger partial charge in [0, 0.05) is 37.6 Å².